The lowest BCUT2D eigenvalue weighted by Gasteiger charge is -2.34. The maximum absolute atomic E-state index is 13.0. The van der Waals surface area contributed by atoms with Gasteiger partial charge in [-0.15, -0.1) is 0 Å². The van der Waals surface area contributed by atoms with Gasteiger partial charge < -0.3 is 0 Å². The van der Waals surface area contributed by atoms with E-state index in [1.807, 2.05) is 19.1 Å². The Morgan fingerprint density at radius 1 is 1.13 bits per heavy atom. The summed E-state index contributed by atoms with van der Waals surface area (Å²) in [5.74, 6) is 2.03. The smallest absolute Gasteiger partial charge is 0.200 e. The van der Waals surface area contributed by atoms with E-state index in [0.29, 0.717) is 28.6 Å². The molecule has 0 aromatic heterocycles. The van der Waals surface area contributed by atoms with Crippen molar-refractivity contribution in [3.8, 4) is 0 Å². The summed E-state index contributed by atoms with van der Waals surface area (Å²) in [6.45, 7) is 1.95. The van der Waals surface area contributed by atoms with Crippen LogP contribution in [0.25, 0.3) is 0 Å². The van der Waals surface area contributed by atoms with Gasteiger partial charge in [0.2, 0.25) is 0 Å². The third-order valence-corrected chi connectivity index (χ3v) is 7.85. The predicted molar refractivity (Wildman–Crippen MR) is 85.0 cm³/mol. The number of hydrogen-bond acceptors (Lipinski definition) is 4. The van der Waals surface area contributed by atoms with Crippen LogP contribution in [0.15, 0.2) is 51.7 Å². The number of nitrogens with zero attached hydrogens (tertiary/aromatic N) is 3. The summed E-state index contributed by atoms with van der Waals surface area (Å²) in [6.07, 6.45) is 6.76. The highest BCUT2D eigenvalue weighted by atomic mass is 32.2. The van der Waals surface area contributed by atoms with Crippen molar-refractivity contribution in [2.75, 3.05) is 0 Å². The predicted octanol–water partition coefficient (Wildman–Crippen LogP) is 2.95. The quantitative estimate of drug-likeness (QED) is 0.783. The first-order chi connectivity index (χ1) is 11.1. The molecule has 2 fully saturated rings. The van der Waals surface area contributed by atoms with E-state index < -0.39 is 10.0 Å². The molecular weight excluding hydrogens is 310 g/mol. The van der Waals surface area contributed by atoms with Crippen LogP contribution in [0.4, 0.5) is 0 Å². The van der Waals surface area contributed by atoms with Gasteiger partial charge >= 0.3 is 0 Å². The molecule has 0 N–H and O–H groups in total. The maximum Gasteiger partial charge on any atom is 0.280 e. The molecule has 1 heterocycles. The van der Waals surface area contributed by atoms with Gasteiger partial charge in [0.25, 0.3) is 10.0 Å². The lowest BCUT2D eigenvalue weighted by atomic mass is 9.77. The molecular formula is C17H19N3O2S. The summed E-state index contributed by atoms with van der Waals surface area (Å²) < 4.78 is 27.3. The molecule has 1 aromatic carbocycles. The molecule has 0 spiro atoms. The fraction of sp³-hybridized carbons (Fsp3) is 0.529. The van der Waals surface area contributed by atoms with E-state index in [0.717, 1.165) is 18.4 Å². The highest BCUT2D eigenvalue weighted by molar-refractivity contribution is 7.89. The van der Waals surface area contributed by atoms with Crippen LogP contribution in [-0.4, -0.2) is 24.9 Å². The van der Waals surface area contributed by atoms with Gasteiger partial charge in [0.05, 0.1) is 17.0 Å². The molecule has 0 unspecified atom stereocenters. The zero-order valence-electron chi connectivity index (χ0n) is 12.9. The molecule has 5 rings (SSSR count). The zero-order chi connectivity index (χ0) is 15.8. The van der Waals surface area contributed by atoms with Crippen molar-refractivity contribution >= 4 is 10.0 Å². The molecule has 0 saturated heterocycles. The van der Waals surface area contributed by atoms with Crippen molar-refractivity contribution in [1.29, 1.82) is 0 Å². The van der Waals surface area contributed by atoms with Crippen molar-refractivity contribution < 1.29 is 8.42 Å². The molecule has 6 atom stereocenters. The lowest BCUT2D eigenvalue weighted by Crippen LogP contribution is -2.46. The van der Waals surface area contributed by atoms with Crippen molar-refractivity contribution in [3.63, 3.8) is 0 Å². The summed E-state index contributed by atoms with van der Waals surface area (Å²) in [4.78, 5) is 0.309. The van der Waals surface area contributed by atoms with Crippen molar-refractivity contribution in [2.45, 2.75) is 36.7 Å². The second-order valence-electron chi connectivity index (χ2n) is 7.25. The van der Waals surface area contributed by atoms with E-state index in [1.54, 1.807) is 12.1 Å². The molecule has 0 radical (unpaired) electrons. The van der Waals surface area contributed by atoms with Crippen LogP contribution in [0.3, 0.4) is 0 Å². The fourth-order valence-electron chi connectivity index (χ4n) is 5.17. The minimum atomic E-state index is -3.61. The Morgan fingerprint density at radius 3 is 2.70 bits per heavy atom. The molecule has 2 saturated carbocycles. The second-order valence-corrected chi connectivity index (χ2v) is 9.04. The molecule has 1 aromatic rings. The Labute approximate surface area is 136 Å². The van der Waals surface area contributed by atoms with Crippen LogP contribution in [0.5, 0.6) is 0 Å². The van der Waals surface area contributed by atoms with Gasteiger partial charge in [0, 0.05) is 0 Å². The molecule has 6 heteroatoms. The van der Waals surface area contributed by atoms with Gasteiger partial charge in [0.1, 0.15) is 0 Å². The highest BCUT2D eigenvalue weighted by Crippen LogP contribution is 2.60. The first-order valence-corrected chi connectivity index (χ1v) is 9.70. The van der Waals surface area contributed by atoms with E-state index in [9.17, 15) is 8.42 Å². The number of rotatable bonds is 2. The van der Waals surface area contributed by atoms with Crippen molar-refractivity contribution in [1.82, 2.24) is 4.41 Å². The number of sulfonamides is 1. The largest absolute Gasteiger partial charge is 0.280 e. The lowest BCUT2D eigenvalue weighted by molar-refractivity contribution is 0.182. The topological polar surface area (TPSA) is 62.1 Å². The van der Waals surface area contributed by atoms with Gasteiger partial charge in [-0.05, 0) is 55.6 Å². The summed E-state index contributed by atoms with van der Waals surface area (Å²) in [5, 5.41) is 8.48. The molecule has 3 aliphatic carbocycles. The Bertz CT molecular complexity index is 815. The van der Waals surface area contributed by atoms with Gasteiger partial charge in [-0.2, -0.15) is 17.9 Å². The molecule has 1 aliphatic heterocycles. The summed E-state index contributed by atoms with van der Waals surface area (Å²) >= 11 is 0. The fourth-order valence-corrected chi connectivity index (χ4v) is 6.61. The molecule has 23 heavy (non-hydrogen) atoms. The van der Waals surface area contributed by atoms with Crippen molar-refractivity contribution in [3.05, 3.63) is 42.0 Å². The number of hydrogen-bond donors (Lipinski definition) is 0. The number of fused-ring (bicyclic) bond motifs is 8. The Hall–Kier alpha value is -1.69. The van der Waals surface area contributed by atoms with E-state index in [1.165, 1.54) is 4.41 Å². The minimum Gasteiger partial charge on any atom is -0.200 e. The molecule has 5 nitrogen and oxygen atoms in total. The third-order valence-electron chi connectivity index (χ3n) is 6.17. The number of aryl methyl sites for hydroxylation is 1. The standard InChI is InChI=1S/C17H19N3O2S/c1-10-5-7-11(8-6-10)23(21,22)20-17-15-9-14(16(17)18-19-20)12-3-2-4-13(12)15/h2,4-8,12-17H,3,9H2,1H3/t12-,13-,14+,15+,16-,17-/m1/s1. The average Bonchev–Trinajstić information content (AvgIpc) is 3.25. The molecule has 120 valence electrons. The highest BCUT2D eigenvalue weighted by Gasteiger charge is 2.63. The third kappa shape index (κ3) is 1.70. The summed E-state index contributed by atoms with van der Waals surface area (Å²) in [6, 6.07) is 6.96. The van der Waals surface area contributed by atoms with Gasteiger partial charge in [0.15, 0.2) is 0 Å². The molecule has 2 bridgehead atoms. The van der Waals surface area contributed by atoms with Crippen LogP contribution < -0.4 is 0 Å². The van der Waals surface area contributed by atoms with E-state index in [2.05, 4.69) is 22.5 Å². The zero-order valence-corrected chi connectivity index (χ0v) is 13.7. The van der Waals surface area contributed by atoms with Crippen LogP contribution in [0.2, 0.25) is 0 Å². The normalized spacial score (nSPS) is 40.0. The van der Waals surface area contributed by atoms with Gasteiger partial charge in [-0.25, -0.2) is 0 Å². The van der Waals surface area contributed by atoms with E-state index in [-0.39, 0.29) is 12.1 Å². The number of allylic oxidation sites excluding steroid dienone is 2. The van der Waals surface area contributed by atoms with Crippen LogP contribution in [0.1, 0.15) is 18.4 Å². The van der Waals surface area contributed by atoms with E-state index >= 15 is 0 Å². The Kier molecular flexibility index (Phi) is 2.65. The van der Waals surface area contributed by atoms with Gasteiger partial charge in [-0.1, -0.05) is 35.1 Å². The van der Waals surface area contributed by atoms with Gasteiger partial charge in [-0.3, -0.25) is 0 Å². The summed E-state index contributed by atoms with van der Waals surface area (Å²) in [5.41, 5.74) is 1.05. The monoisotopic (exact) mass is 329 g/mol. The van der Waals surface area contributed by atoms with Crippen LogP contribution >= 0.6 is 0 Å². The van der Waals surface area contributed by atoms with Crippen molar-refractivity contribution in [2.24, 2.45) is 34.0 Å². The first kappa shape index (κ1) is 13.7. The maximum atomic E-state index is 13.0. The summed E-state index contributed by atoms with van der Waals surface area (Å²) in [7, 11) is -3.61. The molecule has 0 amide bonds. The second kappa shape index (κ2) is 4.44. The Balaban J connectivity index is 1.52. The SMILES string of the molecule is Cc1ccc(S(=O)(=O)N2N=N[C@@H]3[C@H]4C[C@@H]([C@@H]5C=CC[C@H]54)[C@H]32)cc1. The van der Waals surface area contributed by atoms with E-state index in [4.69, 9.17) is 0 Å². The van der Waals surface area contributed by atoms with Crippen LogP contribution in [0, 0.1) is 30.6 Å². The Morgan fingerprint density at radius 2 is 1.91 bits per heavy atom. The minimum absolute atomic E-state index is 0.0568. The average molecular weight is 329 g/mol. The van der Waals surface area contributed by atoms with Crippen LogP contribution in [-0.2, 0) is 10.0 Å². The molecule has 4 aliphatic rings. The number of benzene rings is 1. The first-order valence-electron chi connectivity index (χ1n) is 8.26.